The molecule has 0 aliphatic heterocycles. The van der Waals surface area contributed by atoms with Gasteiger partial charge in [-0.05, 0) is 0 Å². The third kappa shape index (κ3) is 3.36. The van der Waals surface area contributed by atoms with Crippen molar-refractivity contribution in [3.05, 3.63) is 121 Å². The minimum atomic E-state index is -5.59. The van der Waals surface area contributed by atoms with Gasteiger partial charge in [-0.2, -0.15) is 0 Å². The van der Waals surface area contributed by atoms with Gasteiger partial charge in [0.25, 0.3) is 0 Å². The number of benzene rings is 4. The summed E-state index contributed by atoms with van der Waals surface area (Å²) in [6.45, 7) is 0. The van der Waals surface area contributed by atoms with Crippen LogP contribution in [0.25, 0.3) is 0 Å². The first-order valence-corrected chi connectivity index (χ1v) is 16.7. The Morgan fingerprint density at radius 3 is 0.867 bits per heavy atom. The van der Waals surface area contributed by atoms with Gasteiger partial charge in [-0.15, -0.1) is 0 Å². The zero-order chi connectivity index (χ0) is 21.1. The predicted molar refractivity (Wildman–Crippen MR) is 111 cm³/mol. The van der Waals surface area contributed by atoms with Gasteiger partial charge in [0.15, 0.2) is 0 Å². The Hall–Kier alpha value is -2.17. The summed E-state index contributed by atoms with van der Waals surface area (Å²) in [5.41, 5.74) is 0. The molecule has 0 unspecified atom stereocenters. The maximum absolute atomic E-state index is 12.4. The van der Waals surface area contributed by atoms with E-state index in [2.05, 4.69) is 0 Å². The van der Waals surface area contributed by atoms with Crippen molar-refractivity contribution in [2.75, 3.05) is 0 Å². The van der Waals surface area contributed by atoms with Crippen LogP contribution in [-0.4, -0.2) is 17.8 Å². The molecule has 0 N–H and O–H groups in total. The van der Waals surface area contributed by atoms with Crippen LogP contribution in [0.2, 0.25) is 0 Å². The summed E-state index contributed by atoms with van der Waals surface area (Å²) in [5, 5.41) is 0. The second-order valence-corrected chi connectivity index (χ2v) is 20.7. The molecule has 4 aromatic carbocycles. The van der Waals surface area contributed by atoms with Crippen molar-refractivity contribution in [1.29, 1.82) is 0 Å². The van der Waals surface area contributed by atoms with Gasteiger partial charge < -0.3 is 0 Å². The van der Waals surface area contributed by atoms with Gasteiger partial charge >= 0.3 is 180 Å². The Bertz CT molecular complexity index is 932. The van der Waals surface area contributed by atoms with Crippen molar-refractivity contribution >= 4 is 31.9 Å². The summed E-state index contributed by atoms with van der Waals surface area (Å²) >= 11 is -5.59. The van der Waals surface area contributed by atoms with Crippen LogP contribution in [0, 0.1) is 10.2 Å². The maximum atomic E-state index is 12.4. The molecule has 4 rings (SSSR count). The Morgan fingerprint density at radius 2 is 0.667 bits per heavy atom. The fourth-order valence-corrected chi connectivity index (χ4v) is 23.9. The number of hydrogen-bond acceptors (Lipinski definition) is 4. The van der Waals surface area contributed by atoms with E-state index in [1.807, 2.05) is 121 Å². The van der Waals surface area contributed by atoms with E-state index in [1.165, 1.54) is 0 Å². The first kappa shape index (κ1) is 21.1. The van der Waals surface area contributed by atoms with Crippen LogP contribution in [0.1, 0.15) is 0 Å². The molecule has 4 aromatic rings. The fraction of sp³-hybridized carbons (Fsp3) is 0. The Balaban J connectivity index is 2.31. The topological polar surface area (TPSA) is 78.4 Å². The number of halogens is 1. The van der Waals surface area contributed by atoms with Gasteiger partial charge in [-0.25, -0.2) is 0 Å². The van der Waals surface area contributed by atoms with Crippen molar-refractivity contribution in [2.45, 2.75) is 0 Å². The van der Waals surface area contributed by atoms with Crippen LogP contribution < -0.4 is 28.0 Å². The zero-order valence-electron chi connectivity index (χ0n) is 16.0. The van der Waals surface area contributed by atoms with Crippen LogP contribution in [0.15, 0.2) is 121 Å². The van der Waals surface area contributed by atoms with Crippen molar-refractivity contribution in [1.82, 2.24) is 0 Å². The van der Waals surface area contributed by atoms with Crippen molar-refractivity contribution < 1.29 is 26.8 Å². The molecular formula is C24H20ClO4Sb. The van der Waals surface area contributed by atoms with Crippen LogP contribution in [0.3, 0.4) is 0 Å². The summed E-state index contributed by atoms with van der Waals surface area (Å²) < 4.78 is 45.9. The summed E-state index contributed by atoms with van der Waals surface area (Å²) in [5.74, 6) is 0. The molecule has 0 bridgehead atoms. The van der Waals surface area contributed by atoms with Crippen molar-refractivity contribution in [2.24, 2.45) is 0 Å². The molecular weight excluding hydrogens is 509 g/mol. The number of rotatable bonds is 6. The van der Waals surface area contributed by atoms with Crippen LogP contribution in [0.4, 0.5) is 0 Å². The molecule has 0 amide bonds. The summed E-state index contributed by atoms with van der Waals surface area (Å²) in [6, 6.07) is 37.0. The second-order valence-electron chi connectivity index (χ2n) is 6.83. The summed E-state index contributed by atoms with van der Waals surface area (Å²) in [7, 11) is -4.76. The standard InChI is InChI=1S/4C6H5.ClHO4.Sb/c4*1-2-4-6-5-3-1;2-1(3,4)5;/h4*1-5H;(H,2,3,4,5);/q;;;;;+1/p-1. The third-order valence-corrected chi connectivity index (χ3v) is 24.1. The molecule has 0 heterocycles. The second kappa shape index (κ2) is 8.16. The van der Waals surface area contributed by atoms with E-state index in [0.717, 1.165) is 0 Å². The van der Waals surface area contributed by atoms with E-state index < -0.39 is 28.1 Å². The normalized spacial score (nSPS) is 13.4. The van der Waals surface area contributed by atoms with Crippen LogP contribution >= 0.6 is 0 Å². The molecule has 6 heteroatoms. The molecule has 0 aliphatic carbocycles. The van der Waals surface area contributed by atoms with E-state index in [0.29, 0.717) is 14.0 Å². The average molecular weight is 530 g/mol. The molecule has 0 aromatic heterocycles. The third-order valence-electron chi connectivity index (χ3n) is 5.22. The molecule has 152 valence electrons. The van der Waals surface area contributed by atoms with E-state index in [4.69, 9.17) is 2.57 Å². The molecule has 30 heavy (non-hydrogen) atoms. The van der Waals surface area contributed by atoms with Gasteiger partial charge in [0.05, 0.1) is 0 Å². The molecule has 0 spiro atoms. The molecule has 0 saturated heterocycles. The summed E-state index contributed by atoms with van der Waals surface area (Å²) in [6.07, 6.45) is 0. The first-order valence-electron chi connectivity index (χ1n) is 9.34. The number of hydrogen-bond donors (Lipinski definition) is 0. The van der Waals surface area contributed by atoms with E-state index in [1.54, 1.807) is 0 Å². The Labute approximate surface area is 179 Å². The van der Waals surface area contributed by atoms with Crippen molar-refractivity contribution in [3.8, 4) is 0 Å². The molecule has 0 radical (unpaired) electrons. The van der Waals surface area contributed by atoms with Crippen molar-refractivity contribution in [3.63, 3.8) is 0 Å². The Morgan fingerprint density at radius 1 is 0.433 bits per heavy atom. The van der Waals surface area contributed by atoms with E-state index in [9.17, 15) is 14.0 Å². The first-order chi connectivity index (χ1) is 14.5. The van der Waals surface area contributed by atoms with E-state index in [-0.39, 0.29) is 0 Å². The quantitative estimate of drug-likeness (QED) is 0.314. The van der Waals surface area contributed by atoms with Gasteiger partial charge in [0.2, 0.25) is 0 Å². The van der Waals surface area contributed by atoms with Crippen LogP contribution in [0.5, 0.6) is 0 Å². The zero-order valence-corrected chi connectivity index (χ0v) is 19.3. The van der Waals surface area contributed by atoms with Gasteiger partial charge in [-0.1, -0.05) is 0 Å². The molecule has 4 nitrogen and oxygen atoms in total. The molecule has 0 aliphatic rings. The van der Waals surface area contributed by atoms with Gasteiger partial charge in [0.1, 0.15) is 0 Å². The summed E-state index contributed by atoms with van der Waals surface area (Å²) in [4.78, 5) is 0. The predicted octanol–water partition coefficient (Wildman–Crippen LogP) is -0.571. The average Bonchev–Trinajstić information content (AvgIpc) is 2.79. The molecule has 0 atom stereocenters. The fourth-order valence-electron chi connectivity index (χ4n) is 4.07. The SMILES string of the molecule is [O-][Cl+3]([O-])([O-])[O][Sb]([c]1ccccc1)([c]1ccccc1)([c]1ccccc1)[c]1ccccc1. The Kier molecular flexibility index (Phi) is 5.73. The van der Waals surface area contributed by atoms with Gasteiger partial charge in [-0.3, -0.25) is 0 Å². The minimum absolute atomic E-state index is 0.695. The molecule has 0 saturated carbocycles. The van der Waals surface area contributed by atoms with Gasteiger partial charge in [0, 0.05) is 0 Å². The monoisotopic (exact) mass is 528 g/mol. The molecule has 0 fully saturated rings. The van der Waals surface area contributed by atoms with E-state index >= 15 is 0 Å². The van der Waals surface area contributed by atoms with Crippen LogP contribution in [-0.2, 0) is 2.57 Å².